The van der Waals surface area contributed by atoms with E-state index in [1.54, 1.807) is 0 Å². The predicted octanol–water partition coefficient (Wildman–Crippen LogP) is 3.88. The molecule has 0 aromatic carbocycles. The van der Waals surface area contributed by atoms with E-state index in [9.17, 15) is 0 Å². The smallest absolute Gasteiger partial charge is 0.0331 e. The van der Waals surface area contributed by atoms with Crippen molar-refractivity contribution in [2.45, 2.75) is 32.1 Å². The summed E-state index contributed by atoms with van der Waals surface area (Å²) in [4.78, 5) is 0. The van der Waals surface area contributed by atoms with E-state index in [1.807, 2.05) is 6.08 Å². The third-order valence-electron chi connectivity index (χ3n) is 2.20. The fourth-order valence-corrected chi connectivity index (χ4v) is 1.64. The molecule has 1 fully saturated rings. The zero-order chi connectivity index (χ0) is 8.10. The van der Waals surface area contributed by atoms with Crippen molar-refractivity contribution >= 4 is 11.6 Å². The van der Waals surface area contributed by atoms with Crippen molar-refractivity contribution in [3.05, 3.63) is 23.8 Å². The number of halogens is 1. The Morgan fingerprint density at radius 1 is 1.27 bits per heavy atom. The van der Waals surface area contributed by atoms with Gasteiger partial charge in [-0.05, 0) is 24.8 Å². The molecule has 1 aliphatic rings. The van der Waals surface area contributed by atoms with Crippen LogP contribution in [0.4, 0.5) is 0 Å². The molecule has 11 heavy (non-hydrogen) atoms. The molecule has 0 spiro atoms. The SMILES string of the molecule is C=C(Cl)/C=C/C1CCCCC1. The maximum absolute atomic E-state index is 5.62. The summed E-state index contributed by atoms with van der Waals surface area (Å²) in [6, 6.07) is 0. The van der Waals surface area contributed by atoms with Crippen molar-refractivity contribution in [2.75, 3.05) is 0 Å². The fraction of sp³-hybridized carbons (Fsp3) is 0.600. The monoisotopic (exact) mass is 170 g/mol. The molecule has 0 nitrogen and oxygen atoms in total. The molecule has 1 aliphatic carbocycles. The van der Waals surface area contributed by atoms with Gasteiger partial charge < -0.3 is 0 Å². The topological polar surface area (TPSA) is 0 Å². The highest BCUT2D eigenvalue weighted by molar-refractivity contribution is 6.30. The molecule has 0 heterocycles. The minimum Gasteiger partial charge on any atom is -0.0850 e. The summed E-state index contributed by atoms with van der Waals surface area (Å²) in [5, 5.41) is 0.649. The highest BCUT2D eigenvalue weighted by Crippen LogP contribution is 2.24. The first-order valence-electron chi connectivity index (χ1n) is 4.31. The Labute approximate surface area is 73.9 Å². The lowest BCUT2D eigenvalue weighted by Gasteiger charge is -2.17. The summed E-state index contributed by atoms with van der Waals surface area (Å²) in [5.74, 6) is 0.763. The molecule has 0 aromatic rings. The Morgan fingerprint density at radius 3 is 2.45 bits per heavy atom. The standard InChI is InChI=1S/C10H15Cl/c1-9(11)7-8-10-5-3-2-4-6-10/h7-8,10H,1-6H2/b8-7+. The molecular weight excluding hydrogens is 156 g/mol. The van der Waals surface area contributed by atoms with E-state index in [4.69, 9.17) is 11.6 Å². The van der Waals surface area contributed by atoms with Gasteiger partial charge >= 0.3 is 0 Å². The average Bonchev–Trinajstić information content (AvgIpc) is 2.03. The van der Waals surface area contributed by atoms with Crippen molar-refractivity contribution in [2.24, 2.45) is 5.92 Å². The zero-order valence-electron chi connectivity index (χ0n) is 6.85. The molecule has 1 heteroatoms. The molecular formula is C10H15Cl. The van der Waals surface area contributed by atoms with Crippen molar-refractivity contribution in [1.29, 1.82) is 0 Å². The second kappa shape index (κ2) is 4.61. The molecule has 0 bridgehead atoms. The Balaban J connectivity index is 2.29. The second-order valence-corrected chi connectivity index (χ2v) is 3.69. The normalized spacial score (nSPS) is 20.8. The van der Waals surface area contributed by atoms with Gasteiger partial charge in [-0.15, -0.1) is 0 Å². The average molecular weight is 171 g/mol. The zero-order valence-corrected chi connectivity index (χ0v) is 7.61. The van der Waals surface area contributed by atoms with Crippen molar-refractivity contribution in [1.82, 2.24) is 0 Å². The largest absolute Gasteiger partial charge is 0.0850 e. The van der Waals surface area contributed by atoms with Crippen LogP contribution < -0.4 is 0 Å². The summed E-state index contributed by atoms with van der Waals surface area (Å²) < 4.78 is 0. The Hall–Kier alpha value is -0.230. The summed E-state index contributed by atoms with van der Waals surface area (Å²) >= 11 is 5.62. The van der Waals surface area contributed by atoms with Gasteiger partial charge in [-0.2, -0.15) is 0 Å². The molecule has 0 aliphatic heterocycles. The number of rotatable bonds is 2. The summed E-state index contributed by atoms with van der Waals surface area (Å²) in [5.41, 5.74) is 0. The van der Waals surface area contributed by atoms with Gasteiger partial charge in [0.05, 0.1) is 0 Å². The van der Waals surface area contributed by atoms with Gasteiger partial charge in [-0.1, -0.05) is 43.5 Å². The Bertz CT molecular complexity index is 152. The fourth-order valence-electron chi connectivity index (χ4n) is 1.57. The summed E-state index contributed by atoms with van der Waals surface area (Å²) in [7, 11) is 0. The van der Waals surface area contributed by atoms with Gasteiger partial charge in [-0.3, -0.25) is 0 Å². The van der Waals surface area contributed by atoms with Crippen LogP contribution in [-0.2, 0) is 0 Å². The van der Waals surface area contributed by atoms with Crippen LogP contribution in [0.5, 0.6) is 0 Å². The van der Waals surface area contributed by atoms with Crippen molar-refractivity contribution in [3.8, 4) is 0 Å². The minimum atomic E-state index is 0.649. The van der Waals surface area contributed by atoms with Gasteiger partial charge in [0.25, 0.3) is 0 Å². The van der Waals surface area contributed by atoms with E-state index in [-0.39, 0.29) is 0 Å². The quantitative estimate of drug-likeness (QED) is 0.552. The molecule has 0 aromatic heterocycles. The lowest BCUT2D eigenvalue weighted by atomic mass is 9.89. The first kappa shape index (κ1) is 8.86. The van der Waals surface area contributed by atoms with Gasteiger partial charge in [-0.25, -0.2) is 0 Å². The predicted molar refractivity (Wildman–Crippen MR) is 50.7 cm³/mol. The van der Waals surface area contributed by atoms with Crippen LogP contribution in [0.15, 0.2) is 23.8 Å². The van der Waals surface area contributed by atoms with Gasteiger partial charge in [0.15, 0.2) is 0 Å². The minimum absolute atomic E-state index is 0.649. The third-order valence-corrected chi connectivity index (χ3v) is 2.33. The van der Waals surface area contributed by atoms with Crippen molar-refractivity contribution in [3.63, 3.8) is 0 Å². The Morgan fingerprint density at radius 2 is 1.91 bits per heavy atom. The molecule has 1 saturated carbocycles. The molecule has 1 rings (SSSR count). The van der Waals surface area contributed by atoms with Crippen LogP contribution in [0, 0.1) is 5.92 Å². The molecule has 62 valence electrons. The van der Waals surface area contributed by atoms with Crippen LogP contribution >= 0.6 is 11.6 Å². The Kier molecular flexibility index (Phi) is 3.71. The van der Waals surface area contributed by atoms with Gasteiger partial charge in [0.1, 0.15) is 0 Å². The van der Waals surface area contributed by atoms with E-state index >= 15 is 0 Å². The number of allylic oxidation sites excluding steroid dienone is 3. The number of hydrogen-bond acceptors (Lipinski definition) is 0. The highest BCUT2D eigenvalue weighted by atomic mass is 35.5. The van der Waals surface area contributed by atoms with Gasteiger partial charge in [0, 0.05) is 5.03 Å². The van der Waals surface area contributed by atoms with Crippen LogP contribution in [0.2, 0.25) is 0 Å². The molecule has 0 unspecified atom stereocenters. The lowest BCUT2D eigenvalue weighted by Crippen LogP contribution is -2.02. The third kappa shape index (κ3) is 3.62. The van der Waals surface area contributed by atoms with E-state index in [2.05, 4.69) is 12.7 Å². The first-order valence-corrected chi connectivity index (χ1v) is 4.69. The molecule has 0 saturated heterocycles. The van der Waals surface area contributed by atoms with E-state index in [0.717, 1.165) is 5.92 Å². The maximum Gasteiger partial charge on any atom is 0.0331 e. The van der Waals surface area contributed by atoms with E-state index < -0.39 is 0 Å². The van der Waals surface area contributed by atoms with E-state index in [0.29, 0.717) is 5.03 Å². The second-order valence-electron chi connectivity index (χ2n) is 3.20. The maximum atomic E-state index is 5.62. The first-order chi connectivity index (χ1) is 5.29. The lowest BCUT2D eigenvalue weighted by molar-refractivity contribution is 0.419. The number of hydrogen-bond donors (Lipinski definition) is 0. The van der Waals surface area contributed by atoms with E-state index in [1.165, 1.54) is 32.1 Å². The molecule has 0 N–H and O–H groups in total. The molecule has 0 atom stereocenters. The van der Waals surface area contributed by atoms with Crippen molar-refractivity contribution < 1.29 is 0 Å². The van der Waals surface area contributed by atoms with Crippen LogP contribution in [0.3, 0.4) is 0 Å². The molecule has 0 amide bonds. The van der Waals surface area contributed by atoms with Gasteiger partial charge in [0.2, 0.25) is 0 Å². The molecule has 0 radical (unpaired) electrons. The summed E-state index contributed by atoms with van der Waals surface area (Å²) in [6.45, 7) is 3.62. The van der Waals surface area contributed by atoms with Crippen LogP contribution in [0.25, 0.3) is 0 Å². The van der Waals surface area contributed by atoms with Crippen LogP contribution in [-0.4, -0.2) is 0 Å². The summed E-state index contributed by atoms with van der Waals surface area (Å²) in [6.07, 6.45) is 11.0. The highest BCUT2D eigenvalue weighted by Gasteiger charge is 2.09. The van der Waals surface area contributed by atoms with Crippen LogP contribution in [0.1, 0.15) is 32.1 Å².